The van der Waals surface area contributed by atoms with Crippen LogP contribution < -0.4 is 5.73 Å². The Balaban J connectivity index is 2.00. The Kier molecular flexibility index (Phi) is 4.08. The van der Waals surface area contributed by atoms with Gasteiger partial charge in [0.05, 0.1) is 6.54 Å². The van der Waals surface area contributed by atoms with Crippen LogP contribution in [0.2, 0.25) is 0 Å². The van der Waals surface area contributed by atoms with Crippen molar-refractivity contribution >= 4 is 26.8 Å². The maximum absolute atomic E-state index is 13.9. The maximum atomic E-state index is 13.9. The molecule has 2 N–H and O–H groups in total. The van der Waals surface area contributed by atoms with E-state index in [1.54, 1.807) is 6.07 Å². The predicted octanol–water partition coefficient (Wildman–Crippen LogP) is 4.09. The molecule has 1 heterocycles. The highest BCUT2D eigenvalue weighted by molar-refractivity contribution is 9.10. The monoisotopic (exact) mass is 346 g/mol. The second-order valence-electron chi connectivity index (χ2n) is 5.11. The minimum atomic E-state index is -0.182. The van der Waals surface area contributed by atoms with Gasteiger partial charge in [-0.25, -0.2) is 4.39 Å². The smallest absolute Gasteiger partial charge is 0.128 e. The third-order valence-electron chi connectivity index (χ3n) is 3.62. The third kappa shape index (κ3) is 3.01. The molecular weight excluding hydrogens is 331 g/mol. The summed E-state index contributed by atoms with van der Waals surface area (Å²) < 4.78 is 16.9. The summed E-state index contributed by atoms with van der Waals surface area (Å²) in [5.41, 5.74) is 8.61. The Morgan fingerprint density at radius 3 is 2.76 bits per heavy atom. The number of halogens is 2. The zero-order valence-corrected chi connectivity index (χ0v) is 13.1. The van der Waals surface area contributed by atoms with Gasteiger partial charge in [0.1, 0.15) is 5.82 Å². The van der Waals surface area contributed by atoms with Crippen LogP contribution in [0.3, 0.4) is 0 Å². The lowest BCUT2D eigenvalue weighted by molar-refractivity contribution is 0.601. The molecular formula is C17H16BrFN2. The minimum Gasteiger partial charge on any atom is -0.343 e. The molecule has 0 aliphatic carbocycles. The lowest BCUT2D eigenvalue weighted by atomic mass is 10.1. The van der Waals surface area contributed by atoms with Crippen LogP contribution in [0.5, 0.6) is 0 Å². The first kappa shape index (κ1) is 14.3. The van der Waals surface area contributed by atoms with Crippen LogP contribution in [0, 0.1) is 5.82 Å². The summed E-state index contributed by atoms with van der Waals surface area (Å²) in [7, 11) is 0. The van der Waals surface area contributed by atoms with Crippen molar-refractivity contribution < 1.29 is 4.39 Å². The topological polar surface area (TPSA) is 30.9 Å². The molecule has 2 nitrogen and oxygen atoms in total. The summed E-state index contributed by atoms with van der Waals surface area (Å²) >= 11 is 3.39. The third-order valence-corrected chi connectivity index (χ3v) is 4.11. The fourth-order valence-electron chi connectivity index (χ4n) is 2.54. The van der Waals surface area contributed by atoms with Gasteiger partial charge in [0, 0.05) is 21.7 Å². The van der Waals surface area contributed by atoms with Crippen molar-refractivity contribution in [1.82, 2.24) is 4.57 Å². The molecule has 3 aromatic rings. The molecule has 0 aliphatic rings. The number of nitrogens with zero attached hydrogens (tertiary/aromatic N) is 1. The van der Waals surface area contributed by atoms with E-state index < -0.39 is 0 Å². The summed E-state index contributed by atoms with van der Waals surface area (Å²) in [4.78, 5) is 0. The van der Waals surface area contributed by atoms with Crippen molar-refractivity contribution in [3.63, 3.8) is 0 Å². The molecule has 108 valence electrons. The van der Waals surface area contributed by atoms with Crippen molar-refractivity contribution in [2.45, 2.75) is 13.0 Å². The summed E-state index contributed by atoms with van der Waals surface area (Å²) in [6.07, 6.45) is 2.85. The van der Waals surface area contributed by atoms with Gasteiger partial charge < -0.3 is 10.3 Å². The largest absolute Gasteiger partial charge is 0.343 e. The first-order valence-corrected chi connectivity index (χ1v) is 7.68. The van der Waals surface area contributed by atoms with Crippen LogP contribution in [0.25, 0.3) is 10.9 Å². The van der Waals surface area contributed by atoms with E-state index in [9.17, 15) is 4.39 Å². The summed E-state index contributed by atoms with van der Waals surface area (Å²) in [6.45, 7) is 1.15. The van der Waals surface area contributed by atoms with Gasteiger partial charge in [0.15, 0.2) is 0 Å². The van der Waals surface area contributed by atoms with Gasteiger partial charge in [-0.15, -0.1) is 0 Å². The number of aromatic nitrogens is 1. The second-order valence-corrected chi connectivity index (χ2v) is 6.03. The van der Waals surface area contributed by atoms with E-state index in [1.165, 1.54) is 11.6 Å². The Morgan fingerprint density at radius 1 is 1.10 bits per heavy atom. The molecule has 0 saturated carbocycles. The molecule has 0 atom stereocenters. The van der Waals surface area contributed by atoms with Crippen LogP contribution in [-0.4, -0.2) is 11.1 Å². The first-order chi connectivity index (χ1) is 10.2. The second kappa shape index (κ2) is 6.00. The van der Waals surface area contributed by atoms with Crippen molar-refractivity contribution in [1.29, 1.82) is 0 Å². The summed E-state index contributed by atoms with van der Waals surface area (Å²) in [5.74, 6) is -0.182. The van der Waals surface area contributed by atoms with E-state index >= 15 is 0 Å². The van der Waals surface area contributed by atoms with Crippen molar-refractivity contribution in [3.8, 4) is 0 Å². The van der Waals surface area contributed by atoms with Crippen LogP contribution in [0.1, 0.15) is 11.1 Å². The van der Waals surface area contributed by atoms with Gasteiger partial charge in [-0.3, -0.25) is 0 Å². The van der Waals surface area contributed by atoms with E-state index in [4.69, 9.17) is 5.73 Å². The Hall–Kier alpha value is -1.65. The number of nitrogens with two attached hydrogens (primary N) is 1. The first-order valence-electron chi connectivity index (χ1n) is 6.89. The van der Waals surface area contributed by atoms with Crippen LogP contribution in [0.15, 0.2) is 53.1 Å². The molecule has 0 unspecified atom stereocenters. The average molecular weight is 347 g/mol. The van der Waals surface area contributed by atoms with Crippen molar-refractivity contribution in [2.75, 3.05) is 6.54 Å². The van der Waals surface area contributed by atoms with Gasteiger partial charge in [-0.1, -0.05) is 28.1 Å². The predicted molar refractivity (Wildman–Crippen MR) is 87.9 cm³/mol. The fraction of sp³-hybridized carbons (Fsp3) is 0.176. The normalized spacial score (nSPS) is 11.2. The van der Waals surface area contributed by atoms with E-state index in [0.29, 0.717) is 18.7 Å². The number of fused-ring (bicyclic) bond motifs is 1. The molecule has 0 spiro atoms. The van der Waals surface area contributed by atoms with E-state index in [1.807, 2.05) is 12.3 Å². The van der Waals surface area contributed by atoms with E-state index in [-0.39, 0.29) is 5.82 Å². The molecule has 0 bridgehead atoms. The molecule has 4 heteroatoms. The molecule has 2 aromatic carbocycles. The van der Waals surface area contributed by atoms with Crippen LogP contribution in [-0.2, 0) is 13.0 Å². The number of benzene rings is 2. The average Bonchev–Trinajstić information content (AvgIpc) is 2.86. The lowest BCUT2D eigenvalue weighted by Crippen LogP contribution is -2.03. The fourth-order valence-corrected chi connectivity index (χ4v) is 2.95. The Bertz CT molecular complexity index is 780. The summed E-state index contributed by atoms with van der Waals surface area (Å²) in [5, 5.41) is 1.16. The molecule has 0 fully saturated rings. The van der Waals surface area contributed by atoms with Gasteiger partial charge in [0.2, 0.25) is 0 Å². The zero-order chi connectivity index (χ0) is 14.8. The van der Waals surface area contributed by atoms with Gasteiger partial charge >= 0.3 is 0 Å². The highest BCUT2D eigenvalue weighted by Crippen LogP contribution is 2.22. The van der Waals surface area contributed by atoms with Crippen LogP contribution >= 0.6 is 15.9 Å². The maximum Gasteiger partial charge on any atom is 0.128 e. The molecule has 3 rings (SSSR count). The Morgan fingerprint density at radius 2 is 1.95 bits per heavy atom. The van der Waals surface area contributed by atoms with Gasteiger partial charge in [-0.2, -0.15) is 0 Å². The zero-order valence-electron chi connectivity index (χ0n) is 11.5. The van der Waals surface area contributed by atoms with Crippen LogP contribution in [0.4, 0.5) is 4.39 Å². The standard InChI is InChI=1S/C17H16BrFN2/c18-15-3-4-16(19)14(10-15)11-21-8-6-13-2-1-12(5-7-20)9-17(13)21/h1-4,6,8-10H,5,7,11,20H2. The quantitative estimate of drug-likeness (QED) is 0.757. The number of rotatable bonds is 4. The lowest BCUT2D eigenvalue weighted by Gasteiger charge is -2.08. The molecule has 21 heavy (non-hydrogen) atoms. The highest BCUT2D eigenvalue weighted by atomic mass is 79.9. The van der Waals surface area contributed by atoms with Crippen molar-refractivity contribution in [2.24, 2.45) is 5.73 Å². The molecule has 0 radical (unpaired) electrons. The highest BCUT2D eigenvalue weighted by Gasteiger charge is 2.07. The van der Waals surface area contributed by atoms with Gasteiger partial charge in [-0.05, 0) is 54.2 Å². The molecule has 0 aliphatic heterocycles. The molecule has 1 aromatic heterocycles. The minimum absolute atomic E-state index is 0.182. The van der Waals surface area contributed by atoms with Gasteiger partial charge in [0.25, 0.3) is 0 Å². The van der Waals surface area contributed by atoms with E-state index in [0.717, 1.165) is 21.8 Å². The molecule has 0 saturated heterocycles. The summed E-state index contributed by atoms with van der Waals surface area (Å²) in [6, 6.07) is 13.4. The van der Waals surface area contributed by atoms with Crippen molar-refractivity contribution in [3.05, 3.63) is 70.1 Å². The number of hydrogen-bond acceptors (Lipinski definition) is 1. The SMILES string of the molecule is NCCc1ccc2ccn(Cc3cc(Br)ccc3F)c2c1. The number of hydrogen-bond donors (Lipinski definition) is 1. The Labute approximate surface area is 131 Å². The van der Waals surface area contributed by atoms with E-state index in [2.05, 4.69) is 44.8 Å². The molecule has 0 amide bonds.